The van der Waals surface area contributed by atoms with Crippen LogP contribution >= 0.6 is 0 Å². The number of hydrogen-bond acceptors (Lipinski definition) is 7. The summed E-state index contributed by atoms with van der Waals surface area (Å²) in [5, 5.41) is 14.5. The summed E-state index contributed by atoms with van der Waals surface area (Å²) >= 11 is 0. The smallest absolute Gasteiger partial charge is 0.315 e. The Morgan fingerprint density at radius 2 is 1.50 bits per heavy atom. The molecule has 13 nitrogen and oxygen atoms in total. The summed E-state index contributed by atoms with van der Waals surface area (Å²) in [4.78, 5) is 84.1. The number of benzene rings is 1. The van der Waals surface area contributed by atoms with Crippen LogP contribution in [0.25, 0.3) is 0 Å². The van der Waals surface area contributed by atoms with Crippen LogP contribution < -0.4 is 26.6 Å². The van der Waals surface area contributed by atoms with Crippen LogP contribution in [0.1, 0.15) is 130 Å². The second kappa shape index (κ2) is 22.4. The van der Waals surface area contributed by atoms with Crippen molar-refractivity contribution in [3.05, 3.63) is 48.2 Å². The molecular formula is C43H69N7O6. The van der Waals surface area contributed by atoms with Crippen LogP contribution in [0.5, 0.6) is 0 Å². The molecule has 4 rings (SSSR count). The molecule has 13 heteroatoms. The Balaban J connectivity index is 0.00000271. The molecule has 56 heavy (non-hydrogen) atoms. The first-order valence-corrected chi connectivity index (χ1v) is 20.8. The monoisotopic (exact) mass is 780 g/mol. The third-order valence-electron chi connectivity index (χ3n) is 11.1. The van der Waals surface area contributed by atoms with Crippen LogP contribution in [0.4, 0.5) is 4.79 Å². The minimum atomic E-state index is -1.06. The molecule has 0 spiro atoms. The fourth-order valence-corrected chi connectivity index (χ4v) is 7.34. The summed E-state index contributed by atoms with van der Waals surface area (Å²) in [7, 11) is 3.31. The minimum Gasteiger partial charge on any atom is -0.372 e. The highest BCUT2D eigenvalue weighted by molar-refractivity contribution is 6.38. The Labute approximate surface area is 334 Å². The van der Waals surface area contributed by atoms with Gasteiger partial charge in [-0.25, -0.2) is 4.79 Å². The Morgan fingerprint density at radius 1 is 0.857 bits per heavy atom. The molecule has 0 radical (unpaired) electrons. The standard InChI is InChI=1S/C40H61N7O6.C3H8/c1-7-40(3,4)45-39(53)44-33(29-20-12-9-13-21-29)38(52)47-23-15-22-31(47)35(49)43-30(24-27-16-14-17-27)34(48)36(50)41-25-26(2)42-32(37(51)46(5)6)28-18-10-8-11-19-28;1-3-2/h8,10-11,18-19,27,29-33,42H,2,7,9,12-17,20-25H2,1,3-6H3,(H,41,50)(H,43,49)(H2,44,45,53);3H2,1-2H3. The van der Waals surface area contributed by atoms with E-state index >= 15 is 0 Å². The lowest BCUT2D eigenvalue weighted by atomic mass is 9.80. The molecule has 1 aromatic rings. The summed E-state index contributed by atoms with van der Waals surface area (Å²) in [6.07, 6.45) is 10.8. The summed E-state index contributed by atoms with van der Waals surface area (Å²) < 4.78 is 0. The second-order valence-electron chi connectivity index (χ2n) is 16.6. The fourth-order valence-electron chi connectivity index (χ4n) is 7.34. The van der Waals surface area contributed by atoms with E-state index in [1.54, 1.807) is 19.0 Å². The molecule has 6 amide bonds. The third-order valence-corrected chi connectivity index (χ3v) is 11.1. The molecule has 312 valence electrons. The van der Waals surface area contributed by atoms with E-state index in [4.69, 9.17) is 0 Å². The van der Waals surface area contributed by atoms with Crippen molar-refractivity contribution in [3.8, 4) is 0 Å². The van der Waals surface area contributed by atoms with Gasteiger partial charge in [-0.05, 0) is 69.8 Å². The van der Waals surface area contributed by atoms with E-state index < -0.39 is 53.3 Å². The van der Waals surface area contributed by atoms with Crippen molar-refractivity contribution in [2.24, 2.45) is 11.8 Å². The zero-order valence-corrected chi connectivity index (χ0v) is 35.0. The highest BCUT2D eigenvalue weighted by Gasteiger charge is 2.42. The van der Waals surface area contributed by atoms with Crippen LogP contribution in [0.2, 0.25) is 0 Å². The Bertz CT molecular complexity index is 1490. The summed E-state index contributed by atoms with van der Waals surface area (Å²) in [6.45, 7) is 14.3. The molecule has 5 N–H and O–H groups in total. The maximum absolute atomic E-state index is 14.2. The summed E-state index contributed by atoms with van der Waals surface area (Å²) in [5.74, 6) is -2.44. The van der Waals surface area contributed by atoms with Gasteiger partial charge in [-0.1, -0.05) is 103 Å². The molecule has 2 aliphatic carbocycles. The van der Waals surface area contributed by atoms with Crippen molar-refractivity contribution in [2.75, 3.05) is 27.2 Å². The van der Waals surface area contributed by atoms with Gasteiger partial charge in [-0.2, -0.15) is 0 Å². The predicted molar refractivity (Wildman–Crippen MR) is 219 cm³/mol. The second-order valence-corrected chi connectivity index (χ2v) is 16.6. The molecule has 3 fully saturated rings. The van der Waals surface area contributed by atoms with Crippen molar-refractivity contribution in [1.82, 2.24) is 36.4 Å². The normalized spacial score (nSPS) is 18.8. The minimum absolute atomic E-state index is 0.0408. The molecule has 4 unspecified atom stereocenters. The van der Waals surface area contributed by atoms with Gasteiger partial charge in [0.1, 0.15) is 18.1 Å². The lowest BCUT2D eigenvalue weighted by molar-refractivity contribution is -0.143. The largest absolute Gasteiger partial charge is 0.372 e. The molecular weight excluding hydrogens is 711 g/mol. The van der Waals surface area contributed by atoms with E-state index in [-0.39, 0.29) is 30.2 Å². The zero-order valence-electron chi connectivity index (χ0n) is 35.0. The Hall–Kier alpha value is -4.42. The van der Waals surface area contributed by atoms with Gasteiger partial charge < -0.3 is 36.4 Å². The number of likely N-dealkylation sites (tertiary alicyclic amines) is 1. The number of amides is 6. The van der Waals surface area contributed by atoms with Gasteiger partial charge >= 0.3 is 6.03 Å². The van der Waals surface area contributed by atoms with Crippen LogP contribution in [0.3, 0.4) is 0 Å². The topological polar surface area (TPSA) is 169 Å². The lowest BCUT2D eigenvalue weighted by Gasteiger charge is -2.36. The van der Waals surface area contributed by atoms with Crippen LogP contribution in [-0.2, 0) is 24.0 Å². The van der Waals surface area contributed by atoms with E-state index in [1.807, 2.05) is 51.1 Å². The zero-order chi connectivity index (χ0) is 41.4. The molecule has 0 bridgehead atoms. The first-order chi connectivity index (χ1) is 26.6. The number of ketones is 1. The van der Waals surface area contributed by atoms with Crippen molar-refractivity contribution in [3.63, 3.8) is 0 Å². The van der Waals surface area contributed by atoms with E-state index in [1.165, 1.54) is 11.3 Å². The van der Waals surface area contributed by atoms with Crippen molar-refractivity contribution in [1.29, 1.82) is 0 Å². The summed E-state index contributed by atoms with van der Waals surface area (Å²) in [5.41, 5.74) is 0.610. The third kappa shape index (κ3) is 13.7. The average Bonchev–Trinajstić information content (AvgIpc) is 3.66. The van der Waals surface area contributed by atoms with Gasteiger partial charge in [-0.3, -0.25) is 24.0 Å². The summed E-state index contributed by atoms with van der Waals surface area (Å²) in [6, 6.07) is 5.34. The Morgan fingerprint density at radius 3 is 2.07 bits per heavy atom. The quantitative estimate of drug-likeness (QED) is 0.137. The molecule has 1 aromatic carbocycles. The molecule has 3 aliphatic rings. The van der Waals surface area contributed by atoms with Crippen molar-refractivity contribution < 1.29 is 28.8 Å². The average molecular weight is 780 g/mol. The highest BCUT2D eigenvalue weighted by atomic mass is 16.2. The van der Waals surface area contributed by atoms with E-state index in [0.717, 1.165) is 56.9 Å². The number of hydrogen-bond donors (Lipinski definition) is 5. The number of carbonyl (C=O) groups excluding carboxylic acids is 6. The number of Topliss-reactive ketones (excluding diaryl/α,β-unsaturated/α-hetero) is 1. The van der Waals surface area contributed by atoms with Gasteiger partial charge in [-0.15, -0.1) is 0 Å². The highest BCUT2D eigenvalue weighted by Crippen LogP contribution is 2.32. The molecule has 2 saturated carbocycles. The van der Waals surface area contributed by atoms with Gasteiger partial charge in [0.2, 0.25) is 23.5 Å². The predicted octanol–water partition coefficient (Wildman–Crippen LogP) is 5.12. The van der Waals surface area contributed by atoms with E-state index in [2.05, 4.69) is 47.0 Å². The van der Waals surface area contributed by atoms with Gasteiger partial charge in [0.25, 0.3) is 5.91 Å². The number of likely N-dealkylation sites (N-methyl/N-ethyl adjacent to an activating group) is 1. The first-order valence-electron chi connectivity index (χ1n) is 20.8. The lowest BCUT2D eigenvalue weighted by Crippen LogP contribution is -2.60. The Kier molecular flexibility index (Phi) is 18.3. The van der Waals surface area contributed by atoms with Crippen LogP contribution in [0, 0.1) is 11.8 Å². The molecule has 1 heterocycles. The molecule has 4 atom stereocenters. The molecule has 1 aliphatic heterocycles. The maximum atomic E-state index is 14.2. The number of rotatable bonds is 17. The van der Waals surface area contributed by atoms with Crippen molar-refractivity contribution >= 4 is 35.4 Å². The molecule has 1 saturated heterocycles. The SMILES string of the molecule is C=C(CNC(=O)C(=O)C(CC1CCC1)NC(=O)C1CCCN1C(=O)C(NC(=O)NC(C)(C)CC)C1CCCCC1)NC(C(=O)N(C)C)c1ccccc1.CCC. The van der Waals surface area contributed by atoms with Gasteiger partial charge in [0, 0.05) is 31.9 Å². The van der Waals surface area contributed by atoms with Gasteiger partial charge in [0.15, 0.2) is 0 Å². The van der Waals surface area contributed by atoms with Gasteiger partial charge in [0.05, 0.1) is 12.6 Å². The first kappa shape index (κ1) is 46.0. The number of nitrogens with zero attached hydrogens (tertiary/aromatic N) is 2. The number of nitrogens with one attached hydrogen (secondary N) is 5. The van der Waals surface area contributed by atoms with E-state index in [0.29, 0.717) is 37.9 Å². The van der Waals surface area contributed by atoms with E-state index in [9.17, 15) is 28.8 Å². The van der Waals surface area contributed by atoms with Crippen LogP contribution in [-0.4, -0.2) is 96.1 Å². The number of carbonyl (C=O) groups is 6. The van der Waals surface area contributed by atoms with Crippen molar-refractivity contribution in [2.45, 2.75) is 148 Å². The maximum Gasteiger partial charge on any atom is 0.315 e. The molecule has 0 aromatic heterocycles. The fraction of sp³-hybridized carbons (Fsp3) is 0.674. The number of urea groups is 1. The van der Waals surface area contributed by atoms with Crippen LogP contribution in [0.15, 0.2) is 42.6 Å².